The molecule has 0 saturated heterocycles. The van der Waals surface area contributed by atoms with Crippen molar-refractivity contribution in [2.45, 2.75) is 45.1 Å². The molecular weight excluding hydrogens is 280 g/mol. The highest BCUT2D eigenvalue weighted by Crippen LogP contribution is 2.29. The van der Waals surface area contributed by atoms with Crippen molar-refractivity contribution in [2.24, 2.45) is 0 Å². The molecular formula is C17H20N2O3. The topological polar surface area (TPSA) is 61.2 Å². The van der Waals surface area contributed by atoms with Crippen LogP contribution in [0.1, 0.15) is 44.3 Å². The fourth-order valence-corrected chi connectivity index (χ4v) is 3.14. The maximum atomic E-state index is 12.6. The van der Waals surface area contributed by atoms with Gasteiger partial charge in [0.25, 0.3) is 5.56 Å². The lowest BCUT2D eigenvalue weighted by molar-refractivity contribution is -0.143. The van der Waals surface area contributed by atoms with Crippen molar-refractivity contribution >= 4 is 16.9 Å². The first-order valence-corrected chi connectivity index (χ1v) is 7.85. The molecule has 0 aliphatic carbocycles. The SMILES string of the molecule is CCOC(=O)CC[C@@H]1CCCn2c1nc1ccccc1c2=O. The molecule has 0 saturated carbocycles. The standard InChI is InChI=1S/C17H20N2O3/c1-2-22-15(20)10-9-12-6-5-11-19-16(12)18-14-8-4-3-7-13(14)17(19)21/h3-4,7-8,12H,2,5-6,9-11H2,1H3/t12-/m0/s1. The average molecular weight is 300 g/mol. The lowest BCUT2D eigenvalue weighted by Crippen LogP contribution is -2.30. The van der Waals surface area contributed by atoms with Crippen LogP contribution in [0.25, 0.3) is 10.9 Å². The monoisotopic (exact) mass is 300 g/mol. The predicted molar refractivity (Wildman–Crippen MR) is 83.8 cm³/mol. The average Bonchev–Trinajstić information content (AvgIpc) is 2.54. The number of fused-ring (bicyclic) bond motifs is 2. The minimum Gasteiger partial charge on any atom is -0.466 e. The number of benzene rings is 1. The molecule has 0 radical (unpaired) electrons. The van der Waals surface area contributed by atoms with Crippen LogP contribution < -0.4 is 5.56 Å². The molecule has 22 heavy (non-hydrogen) atoms. The van der Waals surface area contributed by atoms with Gasteiger partial charge in [-0.15, -0.1) is 0 Å². The Labute approximate surface area is 128 Å². The largest absolute Gasteiger partial charge is 0.466 e. The number of hydrogen-bond donors (Lipinski definition) is 0. The van der Waals surface area contributed by atoms with Gasteiger partial charge < -0.3 is 4.74 Å². The van der Waals surface area contributed by atoms with Crippen LogP contribution in [0.15, 0.2) is 29.1 Å². The van der Waals surface area contributed by atoms with E-state index < -0.39 is 0 Å². The molecule has 1 aliphatic rings. The zero-order valence-corrected chi connectivity index (χ0v) is 12.7. The number of hydrogen-bond acceptors (Lipinski definition) is 4. The van der Waals surface area contributed by atoms with Crippen LogP contribution in [0.5, 0.6) is 0 Å². The molecule has 0 fully saturated rings. The van der Waals surface area contributed by atoms with E-state index in [0.717, 1.165) is 24.2 Å². The Kier molecular flexibility index (Phi) is 4.22. The summed E-state index contributed by atoms with van der Waals surface area (Å²) in [7, 11) is 0. The molecule has 1 aliphatic heterocycles. The second-order valence-electron chi connectivity index (χ2n) is 5.63. The fraction of sp³-hybridized carbons (Fsp3) is 0.471. The van der Waals surface area contributed by atoms with Crippen molar-refractivity contribution in [1.29, 1.82) is 0 Å². The molecule has 0 amide bonds. The van der Waals surface area contributed by atoms with Crippen LogP contribution in [0.4, 0.5) is 0 Å². The molecule has 116 valence electrons. The van der Waals surface area contributed by atoms with Crippen molar-refractivity contribution in [2.75, 3.05) is 6.61 Å². The summed E-state index contributed by atoms with van der Waals surface area (Å²) in [5, 5.41) is 0.664. The van der Waals surface area contributed by atoms with Gasteiger partial charge in [-0.3, -0.25) is 14.2 Å². The Morgan fingerprint density at radius 2 is 2.23 bits per heavy atom. The first-order chi connectivity index (χ1) is 10.7. The molecule has 0 N–H and O–H groups in total. The summed E-state index contributed by atoms with van der Waals surface area (Å²) in [6.07, 6.45) is 2.97. The summed E-state index contributed by atoms with van der Waals surface area (Å²) >= 11 is 0. The van der Waals surface area contributed by atoms with Gasteiger partial charge >= 0.3 is 5.97 Å². The van der Waals surface area contributed by atoms with Gasteiger partial charge in [0, 0.05) is 18.9 Å². The lowest BCUT2D eigenvalue weighted by atomic mass is 9.93. The molecule has 2 heterocycles. The second kappa shape index (κ2) is 6.30. The number of nitrogens with zero attached hydrogens (tertiary/aromatic N) is 2. The Morgan fingerprint density at radius 3 is 3.05 bits per heavy atom. The van der Waals surface area contributed by atoms with Gasteiger partial charge in [0.05, 0.1) is 17.5 Å². The molecule has 5 nitrogen and oxygen atoms in total. The van der Waals surface area contributed by atoms with E-state index in [1.54, 1.807) is 11.5 Å². The van der Waals surface area contributed by atoms with E-state index in [2.05, 4.69) is 0 Å². The predicted octanol–water partition coefficient (Wildman–Crippen LogP) is 2.62. The quantitative estimate of drug-likeness (QED) is 0.814. The maximum absolute atomic E-state index is 12.6. The van der Waals surface area contributed by atoms with E-state index in [0.29, 0.717) is 31.4 Å². The summed E-state index contributed by atoms with van der Waals surface area (Å²) in [5.74, 6) is 0.789. The third kappa shape index (κ3) is 2.75. The number of carbonyl (C=O) groups excluding carboxylic acids is 1. The Hall–Kier alpha value is -2.17. The minimum absolute atomic E-state index is 0.0291. The van der Waals surface area contributed by atoms with Crippen LogP contribution in [0, 0.1) is 0 Å². The molecule has 1 aromatic carbocycles. The van der Waals surface area contributed by atoms with Gasteiger partial charge in [0.2, 0.25) is 0 Å². The first kappa shape index (κ1) is 14.8. The van der Waals surface area contributed by atoms with Crippen molar-refractivity contribution in [3.63, 3.8) is 0 Å². The maximum Gasteiger partial charge on any atom is 0.305 e. The Bertz CT molecular complexity index is 751. The van der Waals surface area contributed by atoms with Gasteiger partial charge in [-0.05, 0) is 38.3 Å². The lowest BCUT2D eigenvalue weighted by Gasteiger charge is -2.26. The van der Waals surface area contributed by atoms with E-state index >= 15 is 0 Å². The molecule has 3 rings (SSSR count). The van der Waals surface area contributed by atoms with Gasteiger partial charge in [-0.25, -0.2) is 4.98 Å². The zero-order valence-electron chi connectivity index (χ0n) is 12.7. The summed E-state index contributed by atoms with van der Waals surface area (Å²) in [4.78, 5) is 28.8. The number of ether oxygens (including phenoxy) is 1. The molecule has 5 heteroatoms. The van der Waals surface area contributed by atoms with Gasteiger partial charge in [0.1, 0.15) is 5.82 Å². The Balaban J connectivity index is 1.92. The van der Waals surface area contributed by atoms with Crippen LogP contribution in [0.3, 0.4) is 0 Å². The highest BCUT2D eigenvalue weighted by Gasteiger charge is 2.24. The normalized spacial score (nSPS) is 17.2. The van der Waals surface area contributed by atoms with E-state index in [1.807, 2.05) is 24.3 Å². The molecule has 0 unspecified atom stereocenters. The van der Waals surface area contributed by atoms with Crippen LogP contribution in [-0.4, -0.2) is 22.1 Å². The highest BCUT2D eigenvalue weighted by atomic mass is 16.5. The smallest absolute Gasteiger partial charge is 0.305 e. The zero-order chi connectivity index (χ0) is 15.5. The van der Waals surface area contributed by atoms with E-state index in [4.69, 9.17) is 9.72 Å². The van der Waals surface area contributed by atoms with Gasteiger partial charge in [-0.2, -0.15) is 0 Å². The number of aromatic nitrogens is 2. The van der Waals surface area contributed by atoms with Gasteiger partial charge in [-0.1, -0.05) is 12.1 Å². The molecule has 1 aromatic heterocycles. The van der Waals surface area contributed by atoms with E-state index in [1.165, 1.54) is 0 Å². The number of rotatable bonds is 4. The van der Waals surface area contributed by atoms with E-state index in [9.17, 15) is 9.59 Å². The van der Waals surface area contributed by atoms with Crippen molar-refractivity contribution in [1.82, 2.24) is 9.55 Å². The summed E-state index contributed by atoms with van der Waals surface area (Å²) in [6, 6.07) is 7.44. The summed E-state index contributed by atoms with van der Waals surface area (Å²) in [5.41, 5.74) is 0.767. The van der Waals surface area contributed by atoms with Gasteiger partial charge in [0.15, 0.2) is 0 Å². The molecule has 2 aromatic rings. The third-order valence-corrected chi connectivity index (χ3v) is 4.19. The first-order valence-electron chi connectivity index (χ1n) is 7.85. The summed E-state index contributed by atoms with van der Waals surface area (Å²) in [6.45, 7) is 2.92. The van der Waals surface area contributed by atoms with Crippen molar-refractivity contribution < 1.29 is 9.53 Å². The van der Waals surface area contributed by atoms with Crippen LogP contribution >= 0.6 is 0 Å². The molecule has 0 spiro atoms. The van der Waals surface area contributed by atoms with Crippen LogP contribution in [0.2, 0.25) is 0 Å². The van der Waals surface area contributed by atoms with Crippen molar-refractivity contribution in [3.8, 4) is 0 Å². The van der Waals surface area contributed by atoms with E-state index in [-0.39, 0.29) is 17.4 Å². The van der Waals surface area contributed by atoms with Crippen LogP contribution in [-0.2, 0) is 16.1 Å². The second-order valence-corrected chi connectivity index (χ2v) is 5.63. The molecule has 1 atom stereocenters. The number of esters is 1. The van der Waals surface area contributed by atoms with Crippen molar-refractivity contribution in [3.05, 3.63) is 40.4 Å². The Morgan fingerprint density at radius 1 is 1.41 bits per heavy atom. The highest BCUT2D eigenvalue weighted by molar-refractivity contribution is 5.77. The molecule has 0 bridgehead atoms. The number of para-hydroxylation sites is 1. The third-order valence-electron chi connectivity index (χ3n) is 4.19. The summed E-state index contributed by atoms with van der Waals surface area (Å²) < 4.78 is 6.77. The minimum atomic E-state index is -0.178. The number of carbonyl (C=O) groups is 1. The fourth-order valence-electron chi connectivity index (χ4n) is 3.14.